The van der Waals surface area contributed by atoms with Gasteiger partial charge in [0.15, 0.2) is 5.96 Å². The molecule has 8 nitrogen and oxygen atoms in total. The third-order valence-corrected chi connectivity index (χ3v) is 5.84. The second-order valence-corrected chi connectivity index (χ2v) is 8.24. The lowest BCUT2D eigenvalue weighted by Crippen LogP contribution is -2.41. The fraction of sp³-hybridized carbons (Fsp3) is 0.458. The number of benzene rings is 1. The van der Waals surface area contributed by atoms with Crippen LogP contribution in [0.15, 0.2) is 47.6 Å². The lowest BCUT2D eigenvalue weighted by atomic mass is 10.2. The summed E-state index contributed by atoms with van der Waals surface area (Å²) in [5.41, 5.74) is 3.26. The van der Waals surface area contributed by atoms with Gasteiger partial charge in [-0.2, -0.15) is 0 Å². The molecule has 1 aromatic heterocycles. The van der Waals surface area contributed by atoms with Crippen molar-refractivity contribution in [1.82, 2.24) is 15.6 Å². The smallest absolute Gasteiger partial charge is 0.227 e. The molecule has 1 atom stereocenters. The van der Waals surface area contributed by atoms with Gasteiger partial charge in [0.05, 0.1) is 12.7 Å². The molecule has 1 aromatic carbocycles. The number of anilines is 2. The molecule has 2 aromatic rings. The Bertz CT molecular complexity index is 946. The Labute approximate surface area is 189 Å². The van der Waals surface area contributed by atoms with Gasteiger partial charge in [0, 0.05) is 58.1 Å². The summed E-state index contributed by atoms with van der Waals surface area (Å²) >= 11 is 0. The van der Waals surface area contributed by atoms with E-state index in [2.05, 4.69) is 50.6 Å². The predicted octanol–water partition coefficient (Wildman–Crippen LogP) is 2.30. The highest BCUT2D eigenvalue weighted by Crippen LogP contribution is 2.21. The van der Waals surface area contributed by atoms with Crippen LogP contribution in [0, 0.1) is 0 Å². The number of rotatable bonds is 6. The zero-order valence-corrected chi connectivity index (χ0v) is 18.9. The van der Waals surface area contributed by atoms with Gasteiger partial charge in [-0.25, -0.2) is 4.98 Å². The Hall–Kier alpha value is -3.13. The monoisotopic (exact) mass is 436 g/mol. The number of morpholine rings is 1. The summed E-state index contributed by atoms with van der Waals surface area (Å²) in [4.78, 5) is 24.9. The van der Waals surface area contributed by atoms with Gasteiger partial charge in [-0.15, -0.1) is 0 Å². The molecule has 1 unspecified atom stereocenters. The van der Waals surface area contributed by atoms with Crippen LogP contribution in [0.3, 0.4) is 0 Å². The number of ether oxygens (including phenoxy) is 1. The highest BCUT2D eigenvalue weighted by Gasteiger charge is 2.21. The predicted molar refractivity (Wildman–Crippen MR) is 127 cm³/mol. The lowest BCUT2D eigenvalue weighted by Gasteiger charge is -2.32. The molecule has 3 heterocycles. The molecule has 2 aliphatic heterocycles. The molecule has 2 aliphatic rings. The Kier molecular flexibility index (Phi) is 7.21. The molecule has 0 aliphatic carbocycles. The second-order valence-electron chi connectivity index (χ2n) is 8.24. The summed E-state index contributed by atoms with van der Waals surface area (Å²) in [7, 11) is 1.77. The lowest BCUT2D eigenvalue weighted by molar-refractivity contribution is -0.117. The quantitative estimate of drug-likeness (QED) is 0.534. The summed E-state index contributed by atoms with van der Waals surface area (Å²) in [5.74, 6) is 1.93. The van der Waals surface area contributed by atoms with Crippen molar-refractivity contribution in [2.24, 2.45) is 4.99 Å². The number of pyridine rings is 1. The van der Waals surface area contributed by atoms with Crippen molar-refractivity contribution < 1.29 is 9.53 Å². The van der Waals surface area contributed by atoms with Crippen LogP contribution in [-0.4, -0.2) is 56.2 Å². The van der Waals surface area contributed by atoms with Crippen molar-refractivity contribution in [3.63, 3.8) is 0 Å². The summed E-state index contributed by atoms with van der Waals surface area (Å²) in [6.07, 6.45) is 3.67. The Morgan fingerprint density at radius 1 is 1.16 bits per heavy atom. The number of aromatic nitrogens is 1. The molecule has 2 fully saturated rings. The van der Waals surface area contributed by atoms with E-state index in [-0.39, 0.29) is 12.0 Å². The molecule has 0 radical (unpaired) electrons. The molecule has 0 spiro atoms. The molecule has 4 rings (SSSR count). The van der Waals surface area contributed by atoms with Crippen LogP contribution in [0.2, 0.25) is 0 Å². The molecule has 8 heteroatoms. The van der Waals surface area contributed by atoms with Gasteiger partial charge >= 0.3 is 0 Å². The first-order valence-electron chi connectivity index (χ1n) is 11.3. The summed E-state index contributed by atoms with van der Waals surface area (Å²) in [5, 5.41) is 6.73. The molecule has 170 valence electrons. The normalized spacial score (nSPS) is 19.4. The summed E-state index contributed by atoms with van der Waals surface area (Å²) < 4.78 is 5.63. The zero-order valence-electron chi connectivity index (χ0n) is 18.9. The van der Waals surface area contributed by atoms with Crippen molar-refractivity contribution in [1.29, 1.82) is 0 Å². The van der Waals surface area contributed by atoms with Crippen molar-refractivity contribution >= 4 is 23.4 Å². The number of hydrogen-bond donors (Lipinski definition) is 2. The topological polar surface area (TPSA) is 82.1 Å². The maximum absolute atomic E-state index is 11.9. The van der Waals surface area contributed by atoms with Crippen LogP contribution < -0.4 is 20.4 Å². The highest BCUT2D eigenvalue weighted by atomic mass is 16.5. The molecule has 32 heavy (non-hydrogen) atoms. The fourth-order valence-corrected chi connectivity index (χ4v) is 4.08. The van der Waals surface area contributed by atoms with Crippen LogP contribution in [-0.2, 0) is 22.6 Å². The van der Waals surface area contributed by atoms with Gasteiger partial charge < -0.3 is 25.2 Å². The first-order valence-corrected chi connectivity index (χ1v) is 11.3. The van der Waals surface area contributed by atoms with Crippen molar-refractivity contribution in [3.05, 3.63) is 53.7 Å². The zero-order chi connectivity index (χ0) is 22.3. The third kappa shape index (κ3) is 5.56. The number of nitrogens with one attached hydrogen (secondary N) is 2. The second kappa shape index (κ2) is 10.5. The largest absolute Gasteiger partial charge is 0.375 e. The maximum atomic E-state index is 11.9. The number of aliphatic imine (C=N–C) groups is 1. The average Bonchev–Trinajstić information content (AvgIpc) is 3.25. The molecular formula is C24H32N6O2. The van der Waals surface area contributed by atoms with E-state index in [9.17, 15) is 4.79 Å². The number of guanidine groups is 1. The van der Waals surface area contributed by atoms with Gasteiger partial charge in [-0.3, -0.25) is 9.79 Å². The van der Waals surface area contributed by atoms with E-state index in [1.807, 2.05) is 29.3 Å². The van der Waals surface area contributed by atoms with E-state index in [0.717, 1.165) is 61.3 Å². The van der Waals surface area contributed by atoms with Crippen molar-refractivity contribution in [2.45, 2.75) is 39.0 Å². The molecular weight excluding hydrogens is 404 g/mol. The number of hydrogen-bond acceptors (Lipinski definition) is 5. The molecule has 0 saturated carbocycles. The Morgan fingerprint density at radius 2 is 1.94 bits per heavy atom. The van der Waals surface area contributed by atoms with Crippen LogP contribution in [0.25, 0.3) is 0 Å². The van der Waals surface area contributed by atoms with Crippen molar-refractivity contribution in [3.8, 4) is 0 Å². The van der Waals surface area contributed by atoms with Crippen LogP contribution in [0.4, 0.5) is 11.5 Å². The van der Waals surface area contributed by atoms with E-state index in [1.54, 1.807) is 7.05 Å². The van der Waals surface area contributed by atoms with Gasteiger partial charge in [-0.1, -0.05) is 12.1 Å². The molecule has 2 saturated heterocycles. The standard InChI is InChI=1S/C24H32N6O2/c1-18-17-29(12-13-32-18)22-14-20(9-10-26-22)16-28-24(25-2)27-15-19-5-7-21(8-6-19)30-11-3-4-23(30)31/h5-10,14,18H,3-4,11-13,15-17H2,1-2H3,(H2,25,27,28). The number of carbonyl (C=O) groups excluding carboxylic acids is 1. The van der Waals surface area contributed by atoms with Gasteiger partial charge in [0.25, 0.3) is 0 Å². The maximum Gasteiger partial charge on any atom is 0.227 e. The first kappa shape index (κ1) is 22.1. The minimum Gasteiger partial charge on any atom is -0.375 e. The third-order valence-electron chi connectivity index (χ3n) is 5.84. The van der Waals surface area contributed by atoms with Crippen molar-refractivity contribution in [2.75, 3.05) is 43.1 Å². The van der Waals surface area contributed by atoms with Gasteiger partial charge in [-0.05, 0) is 48.7 Å². The summed E-state index contributed by atoms with van der Waals surface area (Å²) in [6, 6.07) is 12.3. The average molecular weight is 437 g/mol. The highest BCUT2D eigenvalue weighted by molar-refractivity contribution is 5.95. The van der Waals surface area contributed by atoms with E-state index < -0.39 is 0 Å². The van der Waals surface area contributed by atoms with E-state index in [4.69, 9.17) is 4.74 Å². The number of carbonyl (C=O) groups is 1. The number of amides is 1. The minimum absolute atomic E-state index is 0.211. The van der Waals surface area contributed by atoms with E-state index in [1.165, 1.54) is 0 Å². The van der Waals surface area contributed by atoms with Gasteiger partial charge in [0.2, 0.25) is 5.91 Å². The summed E-state index contributed by atoms with van der Waals surface area (Å²) in [6.45, 7) is 6.67. The molecule has 2 N–H and O–H groups in total. The van der Waals surface area contributed by atoms with Crippen LogP contribution in [0.1, 0.15) is 30.9 Å². The molecule has 0 bridgehead atoms. The number of nitrogens with zero attached hydrogens (tertiary/aromatic N) is 4. The van der Waals surface area contributed by atoms with E-state index >= 15 is 0 Å². The minimum atomic E-state index is 0.211. The van der Waals surface area contributed by atoms with Crippen LogP contribution in [0.5, 0.6) is 0 Å². The molecule has 1 amide bonds. The SMILES string of the molecule is CN=C(NCc1ccc(N2CCCC2=O)cc1)NCc1ccnc(N2CCOC(C)C2)c1. The van der Waals surface area contributed by atoms with E-state index in [0.29, 0.717) is 19.5 Å². The Balaban J connectivity index is 1.28. The fourth-order valence-electron chi connectivity index (χ4n) is 4.08. The van der Waals surface area contributed by atoms with Gasteiger partial charge in [0.1, 0.15) is 5.82 Å². The van der Waals surface area contributed by atoms with Crippen LogP contribution >= 0.6 is 0 Å². The Morgan fingerprint density at radius 3 is 2.62 bits per heavy atom. The first-order chi connectivity index (χ1) is 15.6.